The number of benzene rings is 1. The zero-order chi connectivity index (χ0) is 16.3. The molecular weight excluding hydrogens is 268 g/mol. The topological polar surface area (TPSA) is 9.23 Å². The third kappa shape index (κ3) is 6.98. The lowest BCUT2D eigenvalue weighted by Gasteiger charge is -2.28. The quantitative estimate of drug-likeness (QED) is 0.354. The molecule has 0 radical (unpaired) electrons. The fourth-order valence-electron chi connectivity index (χ4n) is 2.26. The molecular formula is C21H32O. The van der Waals surface area contributed by atoms with Crippen molar-refractivity contribution >= 4 is 0 Å². The summed E-state index contributed by atoms with van der Waals surface area (Å²) in [5.41, 5.74) is 1.23. The molecule has 1 unspecified atom stereocenters. The lowest BCUT2D eigenvalue weighted by molar-refractivity contribution is 0.0875. The van der Waals surface area contributed by atoms with Crippen molar-refractivity contribution in [2.45, 2.75) is 71.8 Å². The highest BCUT2D eigenvalue weighted by Crippen LogP contribution is 2.25. The van der Waals surface area contributed by atoms with Crippen LogP contribution in [-0.2, 0) is 6.42 Å². The molecule has 0 bridgehead atoms. The summed E-state index contributed by atoms with van der Waals surface area (Å²) in [6.07, 6.45) is 15.4. The van der Waals surface area contributed by atoms with E-state index in [2.05, 4.69) is 76.3 Å². The Labute approximate surface area is 137 Å². The lowest BCUT2D eigenvalue weighted by atomic mass is 9.98. The normalized spacial score (nSPS) is 14.5. The third-order valence-corrected chi connectivity index (χ3v) is 4.06. The monoisotopic (exact) mass is 300 g/mol. The molecule has 1 heteroatoms. The van der Waals surface area contributed by atoms with Crippen molar-refractivity contribution in [2.24, 2.45) is 0 Å². The van der Waals surface area contributed by atoms with Crippen LogP contribution in [-0.4, -0.2) is 5.60 Å². The Morgan fingerprint density at radius 3 is 2.09 bits per heavy atom. The van der Waals surface area contributed by atoms with Crippen LogP contribution in [0.2, 0.25) is 0 Å². The average Bonchev–Trinajstić information content (AvgIpc) is 2.55. The van der Waals surface area contributed by atoms with Crippen molar-refractivity contribution in [3.63, 3.8) is 0 Å². The average molecular weight is 300 g/mol. The van der Waals surface area contributed by atoms with Gasteiger partial charge in [-0.1, -0.05) is 57.2 Å². The molecule has 0 saturated heterocycles. The van der Waals surface area contributed by atoms with Gasteiger partial charge in [-0.2, -0.15) is 0 Å². The van der Waals surface area contributed by atoms with Gasteiger partial charge in [-0.25, -0.2) is 0 Å². The van der Waals surface area contributed by atoms with Crippen molar-refractivity contribution in [1.29, 1.82) is 0 Å². The predicted octanol–water partition coefficient (Wildman–Crippen LogP) is 6.49. The molecule has 0 fully saturated rings. The molecule has 1 aromatic rings. The van der Waals surface area contributed by atoms with Crippen molar-refractivity contribution in [3.05, 3.63) is 54.1 Å². The van der Waals surface area contributed by atoms with Crippen LogP contribution >= 0.6 is 0 Å². The summed E-state index contributed by atoms with van der Waals surface area (Å²) in [5.74, 6) is 0.973. The van der Waals surface area contributed by atoms with Gasteiger partial charge in [-0.05, 0) is 56.7 Å². The highest BCUT2D eigenvalue weighted by molar-refractivity contribution is 5.27. The van der Waals surface area contributed by atoms with Gasteiger partial charge in [0.1, 0.15) is 11.4 Å². The number of rotatable bonds is 10. The van der Waals surface area contributed by atoms with Crippen LogP contribution < -0.4 is 4.74 Å². The highest BCUT2D eigenvalue weighted by Gasteiger charge is 2.22. The minimum absolute atomic E-state index is 0.122. The zero-order valence-corrected chi connectivity index (χ0v) is 14.8. The standard InChI is InChI=1S/C21H32O/c1-5-8-9-10-11-12-13-18-21(4,7-3)22-20-16-14-19(6-2)15-17-20/h8-9,12-17H,5-7,10-11,18H2,1-4H3/b9-8+,13-12+. The minimum Gasteiger partial charge on any atom is -0.487 e. The Hall–Kier alpha value is -1.50. The summed E-state index contributed by atoms with van der Waals surface area (Å²) >= 11 is 0. The first-order valence-corrected chi connectivity index (χ1v) is 8.71. The maximum Gasteiger partial charge on any atom is 0.120 e. The number of hydrogen-bond donors (Lipinski definition) is 0. The fraction of sp³-hybridized carbons (Fsp3) is 0.524. The molecule has 1 nitrogen and oxygen atoms in total. The smallest absolute Gasteiger partial charge is 0.120 e. The molecule has 0 saturated carbocycles. The van der Waals surface area contributed by atoms with Gasteiger partial charge in [0.2, 0.25) is 0 Å². The summed E-state index contributed by atoms with van der Waals surface area (Å²) in [6, 6.07) is 8.49. The number of hydrogen-bond acceptors (Lipinski definition) is 1. The van der Waals surface area contributed by atoms with E-state index in [1.54, 1.807) is 0 Å². The van der Waals surface area contributed by atoms with Gasteiger partial charge >= 0.3 is 0 Å². The molecule has 0 aliphatic rings. The molecule has 0 aliphatic carbocycles. The van der Waals surface area contributed by atoms with Crippen LogP contribution in [0.5, 0.6) is 5.75 Å². The summed E-state index contributed by atoms with van der Waals surface area (Å²) in [6.45, 7) is 8.73. The molecule has 1 atom stereocenters. The Morgan fingerprint density at radius 1 is 0.909 bits per heavy atom. The molecule has 1 rings (SSSR count). The molecule has 0 aliphatic heterocycles. The van der Waals surface area contributed by atoms with E-state index in [1.807, 2.05) is 0 Å². The van der Waals surface area contributed by atoms with E-state index in [0.717, 1.165) is 44.3 Å². The van der Waals surface area contributed by atoms with Crippen molar-refractivity contribution < 1.29 is 4.74 Å². The van der Waals surface area contributed by atoms with Crippen molar-refractivity contribution in [3.8, 4) is 5.75 Å². The summed E-state index contributed by atoms with van der Waals surface area (Å²) < 4.78 is 6.23. The first kappa shape index (κ1) is 18.5. The van der Waals surface area contributed by atoms with Gasteiger partial charge in [0.15, 0.2) is 0 Å². The number of unbranched alkanes of at least 4 members (excludes halogenated alkanes) is 1. The van der Waals surface area contributed by atoms with Gasteiger partial charge in [-0.15, -0.1) is 0 Å². The number of allylic oxidation sites excluding steroid dienone is 3. The zero-order valence-electron chi connectivity index (χ0n) is 14.8. The van der Waals surface area contributed by atoms with E-state index in [0.29, 0.717) is 0 Å². The predicted molar refractivity (Wildman–Crippen MR) is 97.6 cm³/mol. The van der Waals surface area contributed by atoms with Crippen LogP contribution in [0.15, 0.2) is 48.6 Å². The maximum absolute atomic E-state index is 6.23. The Bertz CT molecular complexity index is 455. The van der Waals surface area contributed by atoms with Crippen molar-refractivity contribution in [1.82, 2.24) is 0 Å². The van der Waals surface area contributed by atoms with Crippen LogP contribution in [0.3, 0.4) is 0 Å². The Balaban J connectivity index is 2.48. The van der Waals surface area contributed by atoms with Gasteiger partial charge in [-0.3, -0.25) is 0 Å². The lowest BCUT2D eigenvalue weighted by Crippen LogP contribution is -2.30. The third-order valence-electron chi connectivity index (χ3n) is 4.06. The second-order valence-electron chi connectivity index (χ2n) is 6.04. The molecule has 1 aromatic carbocycles. The fourth-order valence-corrected chi connectivity index (χ4v) is 2.26. The summed E-state index contributed by atoms with van der Waals surface area (Å²) in [7, 11) is 0. The van der Waals surface area contributed by atoms with E-state index in [4.69, 9.17) is 4.74 Å². The number of ether oxygens (including phenoxy) is 1. The van der Waals surface area contributed by atoms with E-state index in [9.17, 15) is 0 Å². The highest BCUT2D eigenvalue weighted by atomic mass is 16.5. The minimum atomic E-state index is -0.122. The molecule has 22 heavy (non-hydrogen) atoms. The van der Waals surface area contributed by atoms with Gasteiger partial charge in [0.25, 0.3) is 0 Å². The van der Waals surface area contributed by atoms with E-state index >= 15 is 0 Å². The van der Waals surface area contributed by atoms with Gasteiger partial charge in [0.05, 0.1) is 0 Å². The van der Waals surface area contributed by atoms with Gasteiger partial charge in [0, 0.05) is 6.42 Å². The molecule has 0 amide bonds. The largest absolute Gasteiger partial charge is 0.487 e. The van der Waals surface area contributed by atoms with Crippen LogP contribution in [0, 0.1) is 0 Å². The summed E-state index contributed by atoms with van der Waals surface area (Å²) in [5, 5.41) is 0. The molecule has 0 spiro atoms. The van der Waals surface area contributed by atoms with Crippen LogP contribution in [0.1, 0.15) is 65.4 Å². The van der Waals surface area contributed by atoms with Crippen molar-refractivity contribution in [2.75, 3.05) is 0 Å². The Kier molecular flexibility index (Phi) is 8.65. The SMILES string of the molecule is CC/C=C/CC/C=C/CC(C)(CC)Oc1ccc(CC)cc1. The molecule has 0 aromatic heterocycles. The van der Waals surface area contributed by atoms with Crippen LogP contribution in [0.4, 0.5) is 0 Å². The van der Waals surface area contributed by atoms with E-state index in [-0.39, 0.29) is 5.60 Å². The molecule has 0 N–H and O–H groups in total. The Morgan fingerprint density at radius 2 is 1.55 bits per heavy atom. The van der Waals surface area contributed by atoms with E-state index in [1.165, 1.54) is 5.56 Å². The van der Waals surface area contributed by atoms with E-state index < -0.39 is 0 Å². The molecule has 0 heterocycles. The summed E-state index contributed by atoms with van der Waals surface area (Å²) in [4.78, 5) is 0. The maximum atomic E-state index is 6.23. The van der Waals surface area contributed by atoms with Gasteiger partial charge < -0.3 is 4.74 Å². The first-order valence-electron chi connectivity index (χ1n) is 8.71. The second-order valence-corrected chi connectivity index (χ2v) is 6.04. The number of aryl methyl sites for hydroxylation is 1. The first-order chi connectivity index (χ1) is 10.6. The second kappa shape index (κ2) is 10.3. The van der Waals surface area contributed by atoms with Crippen LogP contribution in [0.25, 0.3) is 0 Å². The molecule has 122 valence electrons.